The zero-order chi connectivity index (χ0) is 19.3. The second-order valence-electron chi connectivity index (χ2n) is 6.74. The summed E-state index contributed by atoms with van der Waals surface area (Å²) in [5, 5.41) is 12.9. The minimum Gasteiger partial charge on any atom is -0.309 e. The lowest BCUT2D eigenvalue weighted by atomic mass is 10.1. The van der Waals surface area contributed by atoms with Gasteiger partial charge in [0.05, 0.1) is 5.69 Å². The molecule has 0 bridgehead atoms. The highest BCUT2D eigenvalue weighted by atomic mass is 32.2. The van der Waals surface area contributed by atoms with E-state index in [9.17, 15) is 0 Å². The van der Waals surface area contributed by atoms with Crippen LogP contribution in [0.1, 0.15) is 22.6 Å². The Morgan fingerprint density at radius 1 is 0.964 bits per heavy atom. The fourth-order valence-corrected chi connectivity index (χ4v) is 4.68. The molecule has 0 spiro atoms. The van der Waals surface area contributed by atoms with Gasteiger partial charge in [-0.05, 0) is 18.9 Å². The Hall–Kier alpha value is -2.44. The van der Waals surface area contributed by atoms with Gasteiger partial charge in [-0.3, -0.25) is 0 Å². The fourth-order valence-electron chi connectivity index (χ4n) is 2.93. The van der Waals surface area contributed by atoms with Gasteiger partial charge in [-0.1, -0.05) is 71.9 Å². The van der Waals surface area contributed by atoms with E-state index in [2.05, 4.69) is 75.6 Å². The molecular formula is C22H22N4S2. The van der Waals surface area contributed by atoms with E-state index < -0.39 is 0 Å². The third-order valence-electron chi connectivity index (χ3n) is 4.60. The lowest BCUT2D eigenvalue weighted by Crippen LogP contribution is -2.01. The summed E-state index contributed by atoms with van der Waals surface area (Å²) >= 11 is 3.38. The number of nitrogens with zero attached hydrogens (tertiary/aromatic N) is 4. The molecule has 0 amide bonds. The number of aromatic nitrogens is 4. The summed E-state index contributed by atoms with van der Waals surface area (Å²) in [5.41, 5.74) is 4.85. The van der Waals surface area contributed by atoms with E-state index in [1.54, 1.807) is 23.1 Å². The van der Waals surface area contributed by atoms with Gasteiger partial charge in [-0.25, -0.2) is 4.98 Å². The first-order chi connectivity index (χ1) is 13.7. The predicted octanol–water partition coefficient (Wildman–Crippen LogP) is 5.32. The van der Waals surface area contributed by atoms with Gasteiger partial charge in [0.2, 0.25) is 0 Å². The first kappa shape index (κ1) is 18.9. The third-order valence-corrected chi connectivity index (χ3v) is 6.60. The molecule has 0 aliphatic carbocycles. The fraction of sp³-hybridized carbons (Fsp3) is 0.227. The Labute approximate surface area is 173 Å². The summed E-state index contributed by atoms with van der Waals surface area (Å²) in [6.45, 7) is 2.10. The van der Waals surface area contributed by atoms with Crippen LogP contribution in [0, 0.1) is 6.92 Å². The molecule has 4 aromatic rings. The number of thioether (sulfide) groups is 1. The van der Waals surface area contributed by atoms with Crippen LogP contribution in [0.4, 0.5) is 0 Å². The summed E-state index contributed by atoms with van der Waals surface area (Å²) in [4.78, 5) is 4.78. The van der Waals surface area contributed by atoms with Crippen molar-refractivity contribution in [1.82, 2.24) is 19.7 Å². The Kier molecular flexibility index (Phi) is 5.88. The molecule has 0 fully saturated rings. The van der Waals surface area contributed by atoms with Crippen LogP contribution in [0.5, 0.6) is 0 Å². The van der Waals surface area contributed by atoms with E-state index in [1.807, 2.05) is 13.1 Å². The number of thiazole rings is 1. The summed E-state index contributed by atoms with van der Waals surface area (Å²) < 4.78 is 2.10. The monoisotopic (exact) mass is 406 g/mol. The van der Waals surface area contributed by atoms with E-state index in [0.29, 0.717) is 0 Å². The molecule has 4 nitrogen and oxygen atoms in total. The number of hydrogen-bond acceptors (Lipinski definition) is 5. The van der Waals surface area contributed by atoms with Gasteiger partial charge in [0.25, 0.3) is 0 Å². The third kappa shape index (κ3) is 4.51. The predicted molar refractivity (Wildman–Crippen MR) is 117 cm³/mol. The summed E-state index contributed by atoms with van der Waals surface area (Å²) in [5.74, 6) is 1.82. The van der Waals surface area contributed by atoms with Crippen molar-refractivity contribution < 1.29 is 0 Å². The SMILES string of the molecule is Cc1ccc(-c2nc(CSc3nnc(CCc4ccccc4)n3C)cs2)cc1. The highest BCUT2D eigenvalue weighted by Crippen LogP contribution is 2.27. The Bertz CT molecular complexity index is 1040. The molecule has 2 heterocycles. The van der Waals surface area contributed by atoms with Crippen LogP contribution < -0.4 is 0 Å². The van der Waals surface area contributed by atoms with Crippen LogP contribution in [-0.2, 0) is 25.6 Å². The molecule has 0 unspecified atom stereocenters. The van der Waals surface area contributed by atoms with Crippen molar-refractivity contribution in [3.8, 4) is 10.6 Å². The van der Waals surface area contributed by atoms with Crippen molar-refractivity contribution in [2.45, 2.75) is 30.7 Å². The molecule has 2 aromatic carbocycles. The molecule has 6 heteroatoms. The summed E-state index contributed by atoms with van der Waals surface area (Å²) in [6.07, 6.45) is 1.87. The Balaban J connectivity index is 1.36. The lowest BCUT2D eigenvalue weighted by Gasteiger charge is -2.03. The highest BCUT2D eigenvalue weighted by Gasteiger charge is 2.11. The van der Waals surface area contributed by atoms with Gasteiger partial charge in [0.1, 0.15) is 10.8 Å². The van der Waals surface area contributed by atoms with Crippen molar-refractivity contribution in [1.29, 1.82) is 0 Å². The van der Waals surface area contributed by atoms with Gasteiger partial charge >= 0.3 is 0 Å². The Morgan fingerprint density at radius 3 is 2.54 bits per heavy atom. The smallest absolute Gasteiger partial charge is 0.191 e. The van der Waals surface area contributed by atoms with Crippen LogP contribution >= 0.6 is 23.1 Å². The average Bonchev–Trinajstić information content (AvgIpc) is 3.33. The van der Waals surface area contributed by atoms with E-state index >= 15 is 0 Å². The number of hydrogen-bond donors (Lipinski definition) is 0. The molecule has 0 N–H and O–H groups in total. The van der Waals surface area contributed by atoms with Gasteiger partial charge in [0.15, 0.2) is 5.16 Å². The van der Waals surface area contributed by atoms with Crippen molar-refractivity contribution in [3.05, 3.63) is 82.6 Å². The number of benzene rings is 2. The van der Waals surface area contributed by atoms with Gasteiger partial charge < -0.3 is 4.57 Å². The molecule has 0 saturated carbocycles. The van der Waals surface area contributed by atoms with E-state index in [1.165, 1.54) is 16.7 Å². The van der Waals surface area contributed by atoms with Crippen molar-refractivity contribution in [2.24, 2.45) is 7.05 Å². The van der Waals surface area contributed by atoms with Crippen LogP contribution in [0.25, 0.3) is 10.6 Å². The van der Waals surface area contributed by atoms with Gasteiger partial charge in [0, 0.05) is 30.2 Å². The normalized spacial score (nSPS) is 11.1. The molecule has 0 aliphatic heterocycles. The maximum atomic E-state index is 4.78. The minimum atomic E-state index is 0.799. The van der Waals surface area contributed by atoms with E-state index in [0.717, 1.165) is 40.3 Å². The zero-order valence-corrected chi connectivity index (χ0v) is 17.6. The van der Waals surface area contributed by atoms with Crippen molar-refractivity contribution >= 4 is 23.1 Å². The topological polar surface area (TPSA) is 43.6 Å². The molecule has 4 rings (SSSR count). The van der Waals surface area contributed by atoms with Crippen LogP contribution in [0.15, 0.2) is 65.1 Å². The molecule has 0 aliphatic rings. The first-order valence-corrected chi connectivity index (χ1v) is 11.1. The second-order valence-corrected chi connectivity index (χ2v) is 8.54. The van der Waals surface area contributed by atoms with Crippen LogP contribution in [0.3, 0.4) is 0 Å². The number of rotatable bonds is 7. The molecule has 0 saturated heterocycles. The average molecular weight is 407 g/mol. The van der Waals surface area contributed by atoms with E-state index in [4.69, 9.17) is 4.98 Å². The zero-order valence-electron chi connectivity index (χ0n) is 16.0. The second kappa shape index (κ2) is 8.71. The Morgan fingerprint density at radius 2 is 1.75 bits per heavy atom. The first-order valence-electron chi connectivity index (χ1n) is 9.25. The maximum Gasteiger partial charge on any atom is 0.191 e. The molecule has 142 valence electrons. The van der Waals surface area contributed by atoms with E-state index in [-0.39, 0.29) is 0 Å². The van der Waals surface area contributed by atoms with Crippen LogP contribution in [0.2, 0.25) is 0 Å². The van der Waals surface area contributed by atoms with Crippen LogP contribution in [-0.4, -0.2) is 19.7 Å². The summed E-state index contributed by atoms with van der Waals surface area (Å²) in [7, 11) is 2.04. The maximum absolute atomic E-state index is 4.78. The minimum absolute atomic E-state index is 0.799. The summed E-state index contributed by atoms with van der Waals surface area (Å²) in [6, 6.07) is 19.0. The highest BCUT2D eigenvalue weighted by molar-refractivity contribution is 7.98. The largest absolute Gasteiger partial charge is 0.309 e. The number of aryl methyl sites for hydroxylation is 3. The molecule has 0 atom stereocenters. The van der Waals surface area contributed by atoms with Gasteiger partial charge in [-0.15, -0.1) is 21.5 Å². The molecule has 2 aromatic heterocycles. The van der Waals surface area contributed by atoms with Crippen molar-refractivity contribution in [2.75, 3.05) is 0 Å². The molecule has 28 heavy (non-hydrogen) atoms. The molecular weight excluding hydrogens is 384 g/mol. The standard InChI is InChI=1S/C22H22N4S2/c1-16-8-11-18(12-9-16)21-23-19(14-27-21)15-28-22-25-24-20(26(22)2)13-10-17-6-4-3-5-7-17/h3-9,11-12,14H,10,13,15H2,1-2H3. The quantitative estimate of drug-likeness (QED) is 0.389. The lowest BCUT2D eigenvalue weighted by molar-refractivity contribution is 0.722. The molecule has 0 radical (unpaired) electrons. The van der Waals surface area contributed by atoms with Gasteiger partial charge in [-0.2, -0.15) is 0 Å². The van der Waals surface area contributed by atoms with Crippen molar-refractivity contribution in [3.63, 3.8) is 0 Å².